The average Bonchev–Trinajstić information content (AvgIpc) is 3.24. The Morgan fingerprint density at radius 1 is 1.50 bits per heavy atom. The lowest BCUT2D eigenvalue weighted by Gasteiger charge is -2.16. The van der Waals surface area contributed by atoms with Crippen LogP contribution in [0.25, 0.3) is 0 Å². The first-order valence-electron chi connectivity index (χ1n) is 7.33. The largest absolute Gasteiger partial charge is 0.353 e. The summed E-state index contributed by atoms with van der Waals surface area (Å²) in [5.41, 5.74) is 0.844. The highest BCUT2D eigenvalue weighted by Crippen LogP contribution is 2.18. The first kappa shape index (κ1) is 14.9. The Bertz CT molecular complexity index is 431. The number of nitrogens with one attached hydrogen (secondary N) is 2. The molecule has 0 aromatic carbocycles. The molecule has 1 aliphatic carbocycles. The van der Waals surface area contributed by atoms with Crippen LogP contribution in [-0.4, -0.2) is 23.5 Å². The fourth-order valence-corrected chi connectivity index (χ4v) is 2.10. The molecule has 1 saturated carbocycles. The predicted molar refractivity (Wildman–Crippen MR) is 75.6 cm³/mol. The van der Waals surface area contributed by atoms with Crippen LogP contribution in [0.1, 0.15) is 50.8 Å². The molecule has 1 heterocycles. The van der Waals surface area contributed by atoms with E-state index < -0.39 is 0 Å². The van der Waals surface area contributed by atoms with Crippen LogP contribution >= 0.6 is 0 Å². The summed E-state index contributed by atoms with van der Waals surface area (Å²) in [4.78, 5) is 15.6. The number of carbonyl (C=O) groups excluding carboxylic acids is 1. The van der Waals surface area contributed by atoms with Gasteiger partial charge in [0.1, 0.15) is 5.82 Å². The van der Waals surface area contributed by atoms with Crippen molar-refractivity contribution in [1.29, 1.82) is 0 Å². The Kier molecular flexibility index (Phi) is 5.47. The van der Waals surface area contributed by atoms with Crippen molar-refractivity contribution in [1.82, 2.24) is 15.6 Å². The molecule has 2 rings (SSSR count). The second-order valence-electron chi connectivity index (χ2n) is 5.26. The van der Waals surface area contributed by atoms with E-state index in [1.165, 1.54) is 12.3 Å². The lowest BCUT2D eigenvalue weighted by molar-refractivity contribution is -0.121. The van der Waals surface area contributed by atoms with Crippen LogP contribution in [0.4, 0.5) is 4.39 Å². The van der Waals surface area contributed by atoms with Gasteiger partial charge in [0.2, 0.25) is 5.91 Å². The topological polar surface area (TPSA) is 54.0 Å². The molecule has 0 spiro atoms. The van der Waals surface area contributed by atoms with Gasteiger partial charge >= 0.3 is 0 Å². The monoisotopic (exact) mass is 279 g/mol. The molecule has 2 N–H and O–H groups in total. The van der Waals surface area contributed by atoms with E-state index in [9.17, 15) is 9.18 Å². The highest BCUT2D eigenvalue weighted by atomic mass is 19.1. The third-order valence-electron chi connectivity index (χ3n) is 3.43. The second-order valence-corrected chi connectivity index (χ2v) is 5.26. The molecule has 1 aromatic rings. The van der Waals surface area contributed by atoms with Gasteiger partial charge in [0.05, 0.1) is 11.9 Å². The Balaban J connectivity index is 1.67. The van der Waals surface area contributed by atoms with Gasteiger partial charge in [-0.3, -0.25) is 9.78 Å². The van der Waals surface area contributed by atoms with Crippen LogP contribution in [-0.2, 0) is 4.79 Å². The smallest absolute Gasteiger partial charge is 0.220 e. The van der Waals surface area contributed by atoms with Gasteiger partial charge in [-0.25, -0.2) is 4.39 Å². The molecular weight excluding hydrogens is 257 g/mol. The fraction of sp³-hybridized carbons (Fsp3) is 0.600. The van der Waals surface area contributed by atoms with E-state index >= 15 is 0 Å². The van der Waals surface area contributed by atoms with Crippen LogP contribution in [0.15, 0.2) is 18.3 Å². The van der Waals surface area contributed by atoms with Crippen molar-refractivity contribution in [2.24, 2.45) is 0 Å². The minimum Gasteiger partial charge on any atom is -0.353 e. The summed E-state index contributed by atoms with van der Waals surface area (Å²) in [7, 11) is 0. The van der Waals surface area contributed by atoms with Crippen molar-refractivity contribution in [3.05, 3.63) is 29.8 Å². The quantitative estimate of drug-likeness (QED) is 0.718. The first-order chi connectivity index (χ1) is 9.69. The van der Waals surface area contributed by atoms with Gasteiger partial charge in [0, 0.05) is 18.5 Å². The van der Waals surface area contributed by atoms with Crippen LogP contribution in [0.2, 0.25) is 0 Å². The van der Waals surface area contributed by atoms with Gasteiger partial charge < -0.3 is 10.6 Å². The lowest BCUT2D eigenvalue weighted by Crippen LogP contribution is -2.27. The summed E-state index contributed by atoms with van der Waals surface area (Å²) < 4.78 is 12.8. The molecule has 0 radical (unpaired) electrons. The summed E-state index contributed by atoms with van der Waals surface area (Å²) in [6, 6.07) is 3.68. The number of carbonyl (C=O) groups is 1. The number of amides is 1. The highest BCUT2D eigenvalue weighted by Gasteiger charge is 2.22. The summed E-state index contributed by atoms with van der Waals surface area (Å²) in [6.45, 7) is 2.82. The molecule has 1 fully saturated rings. The minimum atomic E-state index is -0.319. The van der Waals surface area contributed by atoms with Gasteiger partial charge in [0.15, 0.2) is 0 Å². The number of aromatic nitrogens is 1. The number of halogens is 1. The maximum Gasteiger partial charge on any atom is 0.220 e. The lowest BCUT2D eigenvalue weighted by atomic mass is 10.1. The zero-order chi connectivity index (χ0) is 14.4. The van der Waals surface area contributed by atoms with Crippen LogP contribution in [0.5, 0.6) is 0 Å². The number of pyridine rings is 1. The van der Waals surface area contributed by atoms with Gasteiger partial charge in [0.25, 0.3) is 0 Å². The van der Waals surface area contributed by atoms with Crippen LogP contribution < -0.4 is 10.6 Å². The van der Waals surface area contributed by atoms with Gasteiger partial charge in [-0.2, -0.15) is 0 Å². The van der Waals surface area contributed by atoms with E-state index in [0.717, 1.165) is 37.9 Å². The number of nitrogens with zero attached hydrogens (tertiary/aromatic N) is 1. The van der Waals surface area contributed by atoms with E-state index in [0.29, 0.717) is 12.5 Å². The van der Waals surface area contributed by atoms with Crippen molar-refractivity contribution in [2.75, 3.05) is 6.54 Å². The second kappa shape index (κ2) is 7.33. The van der Waals surface area contributed by atoms with Crippen molar-refractivity contribution in [3.8, 4) is 0 Å². The van der Waals surface area contributed by atoms with Crippen molar-refractivity contribution in [2.45, 2.75) is 51.1 Å². The third kappa shape index (κ3) is 4.89. The van der Waals surface area contributed by atoms with E-state index in [1.807, 2.05) is 0 Å². The number of rotatable bonds is 8. The molecule has 0 saturated heterocycles. The zero-order valence-corrected chi connectivity index (χ0v) is 11.9. The normalized spacial score (nSPS) is 15.9. The van der Waals surface area contributed by atoms with Crippen molar-refractivity contribution >= 4 is 5.91 Å². The number of hydrogen-bond donors (Lipinski definition) is 2. The standard InChI is InChI=1S/C15H22FN3O/c1-2-13(14-8-5-11(16)10-18-14)17-9-3-4-15(20)19-12-6-7-12/h5,8,10,12-13,17H,2-4,6-7,9H2,1H3,(H,19,20). The van der Waals surface area contributed by atoms with E-state index in [1.54, 1.807) is 6.07 Å². The average molecular weight is 279 g/mol. The fourth-order valence-electron chi connectivity index (χ4n) is 2.10. The Morgan fingerprint density at radius 3 is 2.90 bits per heavy atom. The Labute approximate surface area is 119 Å². The van der Waals surface area contributed by atoms with Gasteiger partial charge in [-0.1, -0.05) is 6.92 Å². The molecule has 1 aliphatic rings. The molecule has 0 aliphatic heterocycles. The summed E-state index contributed by atoms with van der Waals surface area (Å²) >= 11 is 0. The third-order valence-corrected chi connectivity index (χ3v) is 3.43. The zero-order valence-electron chi connectivity index (χ0n) is 11.9. The summed E-state index contributed by atoms with van der Waals surface area (Å²) in [5, 5.41) is 6.34. The molecule has 4 nitrogen and oxygen atoms in total. The highest BCUT2D eigenvalue weighted by molar-refractivity contribution is 5.76. The molecule has 1 unspecified atom stereocenters. The molecule has 110 valence electrons. The maximum atomic E-state index is 12.8. The van der Waals surface area contributed by atoms with E-state index in [4.69, 9.17) is 0 Å². The van der Waals surface area contributed by atoms with E-state index in [2.05, 4.69) is 22.5 Å². The van der Waals surface area contributed by atoms with E-state index in [-0.39, 0.29) is 17.8 Å². The maximum absolute atomic E-state index is 12.8. The minimum absolute atomic E-state index is 0.113. The molecular formula is C15H22FN3O. The molecule has 5 heteroatoms. The molecule has 20 heavy (non-hydrogen) atoms. The molecule has 1 aromatic heterocycles. The Morgan fingerprint density at radius 2 is 2.30 bits per heavy atom. The molecule has 0 bridgehead atoms. The van der Waals surface area contributed by atoms with Gasteiger partial charge in [-0.05, 0) is 44.4 Å². The summed E-state index contributed by atoms with van der Waals surface area (Å²) in [6.07, 6.45) is 5.72. The molecule has 1 atom stereocenters. The van der Waals surface area contributed by atoms with Crippen LogP contribution in [0.3, 0.4) is 0 Å². The first-order valence-corrected chi connectivity index (χ1v) is 7.33. The molecule has 1 amide bonds. The number of hydrogen-bond acceptors (Lipinski definition) is 3. The van der Waals surface area contributed by atoms with Crippen molar-refractivity contribution in [3.63, 3.8) is 0 Å². The van der Waals surface area contributed by atoms with Crippen molar-refractivity contribution < 1.29 is 9.18 Å². The van der Waals surface area contributed by atoms with Gasteiger partial charge in [-0.15, -0.1) is 0 Å². The predicted octanol–water partition coefficient (Wildman–Crippen LogP) is 2.32. The summed E-state index contributed by atoms with van der Waals surface area (Å²) in [5.74, 6) is -0.178. The Hall–Kier alpha value is -1.49. The van der Waals surface area contributed by atoms with Crippen LogP contribution in [0, 0.1) is 5.82 Å². The SMILES string of the molecule is CCC(NCCCC(=O)NC1CC1)c1ccc(F)cn1.